The van der Waals surface area contributed by atoms with E-state index in [9.17, 15) is 4.79 Å². The lowest BCUT2D eigenvalue weighted by Crippen LogP contribution is -2.37. The highest BCUT2D eigenvalue weighted by Crippen LogP contribution is 2.24. The van der Waals surface area contributed by atoms with Gasteiger partial charge in [0, 0.05) is 18.2 Å². The van der Waals surface area contributed by atoms with Crippen molar-refractivity contribution in [1.29, 1.82) is 0 Å². The number of aromatic nitrogens is 1. The van der Waals surface area contributed by atoms with Crippen LogP contribution in [0.15, 0.2) is 34.9 Å². The number of aryl methyl sites for hydroxylation is 1. The van der Waals surface area contributed by atoms with Crippen molar-refractivity contribution in [3.63, 3.8) is 0 Å². The van der Waals surface area contributed by atoms with Gasteiger partial charge in [-0.2, -0.15) is 0 Å². The molecule has 1 aromatic carbocycles. The van der Waals surface area contributed by atoms with Gasteiger partial charge >= 0.3 is 0 Å². The summed E-state index contributed by atoms with van der Waals surface area (Å²) < 4.78 is 5.18. The van der Waals surface area contributed by atoms with E-state index in [2.05, 4.69) is 15.8 Å². The fraction of sp³-hybridized carbons (Fsp3) is 0.333. The van der Waals surface area contributed by atoms with Crippen LogP contribution in [0, 0.1) is 6.92 Å². The highest BCUT2D eigenvalue weighted by molar-refractivity contribution is 6.00. The Labute approximate surface area is 130 Å². The van der Waals surface area contributed by atoms with Crippen molar-refractivity contribution < 1.29 is 9.32 Å². The SMILES string of the molecule is CNC(C)CNC(=O)c1c(-c2ccccc2)noc1C.Cl. The van der Waals surface area contributed by atoms with Crippen LogP contribution in [-0.2, 0) is 0 Å². The summed E-state index contributed by atoms with van der Waals surface area (Å²) in [6.07, 6.45) is 0. The minimum absolute atomic E-state index is 0. The molecule has 0 bridgehead atoms. The summed E-state index contributed by atoms with van der Waals surface area (Å²) in [6.45, 7) is 4.29. The van der Waals surface area contributed by atoms with Gasteiger partial charge in [-0.3, -0.25) is 4.79 Å². The van der Waals surface area contributed by atoms with Gasteiger partial charge in [-0.05, 0) is 20.9 Å². The molecule has 0 saturated heterocycles. The third kappa shape index (κ3) is 4.06. The third-order valence-corrected chi connectivity index (χ3v) is 3.20. The van der Waals surface area contributed by atoms with E-state index in [0.717, 1.165) is 5.56 Å². The predicted molar refractivity (Wildman–Crippen MR) is 84.8 cm³/mol. The molecule has 0 aliphatic rings. The second-order valence-electron chi connectivity index (χ2n) is 4.73. The summed E-state index contributed by atoms with van der Waals surface area (Å²) in [6, 6.07) is 9.76. The number of carbonyl (C=O) groups is 1. The molecule has 0 saturated carbocycles. The van der Waals surface area contributed by atoms with Gasteiger partial charge in [0.15, 0.2) is 0 Å². The largest absolute Gasteiger partial charge is 0.360 e. The summed E-state index contributed by atoms with van der Waals surface area (Å²) >= 11 is 0. The average molecular weight is 310 g/mol. The van der Waals surface area contributed by atoms with Crippen LogP contribution in [0.1, 0.15) is 23.0 Å². The Balaban J connectivity index is 0.00000220. The Morgan fingerprint density at radius 3 is 2.62 bits per heavy atom. The van der Waals surface area contributed by atoms with Crippen molar-refractivity contribution in [2.75, 3.05) is 13.6 Å². The molecule has 1 unspecified atom stereocenters. The predicted octanol–water partition coefficient (Wildman–Crippen LogP) is 2.41. The van der Waals surface area contributed by atoms with Crippen LogP contribution in [-0.4, -0.2) is 30.7 Å². The van der Waals surface area contributed by atoms with Gasteiger partial charge in [0.05, 0.1) is 0 Å². The van der Waals surface area contributed by atoms with Crippen LogP contribution < -0.4 is 10.6 Å². The zero-order chi connectivity index (χ0) is 14.5. The van der Waals surface area contributed by atoms with Gasteiger partial charge in [0.25, 0.3) is 5.91 Å². The van der Waals surface area contributed by atoms with Gasteiger partial charge < -0.3 is 15.2 Å². The van der Waals surface area contributed by atoms with E-state index in [0.29, 0.717) is 23.6 Å². The average Bonchev–Trinajstić information content (AvgIpc) is 2.87. The maximum atomic E-state index is 12.3. The van der Waals surface area contributed by atoms with Crippen LogP contribution in [0.25, 0.3) is 11.3 Å². The molecule has 1 heterocycles. The maximum Gasteiger partial charge on any atom is 0.257 e. The number of nitrogens with one attached hydrogen (secondary N) is 2. The lowest BCUT2D eigenvalue weighted by Gasteiger charge is -2.11. The normalized spacial score (nSPS) is 11.6. The van der Waals surface area contributed by atoms with Crippen molar-refractivity contribution in [3.05, 3.63) is 41.7 Å². The summed E-state index contributed by atoms with van der Waals surface area (Å²) in [7, 11) is 1.86. The monoisotopic (exact) mass is 309 g/mol. The van der Waals surface area contributed by atoms with Crippen LogP contribution >= 0.6 is 12.4 Å². The number of benzene rings is 1. The van der Waals surface area contributed by atoms with E-state index >= 15 is 0 Å². The lowest BCUT2D eigenvalue weighted by atomic mass is 10.1. The van der Waals surface area contributed by atoms with E-state index in [1.807, 2.05) is 44.3 Å². The van der Waals surface area contributed by atoms with Crippen molar-refractivity contribution in [2.24, 2.45) is 0 Å². The van der Waals surface area contributed by atoms with Crippen LogP contribution in [0.5, 0.6) is 0 Å². The molecule has 1 amide bonds. The molecule has 0 spiro atoms. The summed E-state index contributed by atoms with van der Waals surface area (Å²) in [4.78, 5) is 12.3. The smallest absolute Gasteiger partial charge is 0.257 e. The second kappa shape index (κ2) is 7.81. The molecule has 1 aromatic heterocycles. The van der Waals surface area contributed by atoms with Crippen molar-refractivity contribution >= 4 is 18.3 Å². The molecular weight excluding hydrogens is 290 g/mol. The molecule has 0 aliphatic carbocycles. The fourth-order valence-electron chi connectivity index (χ4n) is 1.87. The Morgan fingerprint density at radius 2 is 2.00 bits per heavy atom. The molecule has 0 aliphatic heterocycles. The van der Waals surface area contributed by atoms with E-state index < -0.39 is 0 Å². The quantitative estimate of drug-likeness (QED) is 0.890. The summed E-state index contributed by atoms with van der Waals surface area (Å²) in [5, 5.41) is 9.96. The molecule has 2 rings (SSSR count). The van der Waals surface area contributed by atoms with E-state index in [4.69, 9.17) is 4.52 Å². The lowest BCUT2D eigenvalue weighted by molar-refractivity contribution is 0.0949. The number of rotatable bonds is 5. The highest BCUT2D eigenvalue weighted by Gasteiger charge is 2.21. The number of carbonyl (C=O) groups excluding carboxylic acids is 1. The second-order valence-corrected chi connectivity index (χ2v) is 4.73. The molecule has 6 heteroatoms. The van der Waals surface area contributed by atoms with Gasteiger partial charge in [-0.1, -0.05) is 35.5 Å². The van der Waals surface area contributed by atoms with E-state index in [-0.39, 0.29) is 24.4 Å². The number of halogens is 1. The van der Waals surface area contributed by atoms with E-state index in [1.165, 1.54) is 0 Å². The number of nitrogens with zero attached hydrogens (tertiary/aromatic N) is 1. The number of likely N-dealkylation sites (N-methyl/N-ethyl adjacent to an activating group) is 1. The number of amides is 1. The minimum Gasteiger partial charge on any atom is -0.360 e. The highest BCUT2D eigenvalue weighted by atomic mass is 35.5. The Kier molecular flexibility index (Phi) is 6.39. The first-order chi connectivity index (χ1) is 9.63. The zero-order valence-electron chi connectivity index (χ0n) is 12.3. The molecule has 21 heavy (non-hydrogen) atoms. The molecular formula is C15H20ClN3O2. The topological polar surface area (TPSA) is 67.2 Å². The first kappa shape index (κ1) is 17.2. The van der Waals surface area contributed by atoms with Gasteiger partial charge in [0.2, 0.25) is 0 Å². The van der Waals surface area contributed by atoms with Gasteiger partial charge in [-0.15, -0.1) is 12.4 Å². The molecule has 114 valence electrons. The number of hydrogen-bond donors (Lipinski definition) is 2. The molecule has 1 atom stereocenters. The number of hydrogen-bond acceptors (Lipinski definition) is 4. The molecule has 2 N–H and O–H groups in total. The standard InChI is InChI=1S/C15H19N3O2.ClH/c1-10(16-3)9-17-15(19)13-11(2)20-18-14(13)12-7-5-4-6-8-12;/h4-8,10,16H,9H2,1-3H3,(H,17,19);1H. The van der Waals surface area contributed by atoms with Gasteiger partial charge in [0.1, 0.15) is 17.0 Å². The van der Waals surface area contributed by atoms with E-state index in [1.54, 1.807) is 6.92 Å². The van der Waals surface area contributed by atoms with Gasteiger partial charge in [-0.25, -0.2) is 0 Å². The Bertz CT molecular complexity index is 584. The van der Waals surface area contributed by atoms with Crippen molar-refractivity contribution in [2.45, 2.75) is 19.9 Å². The minimum atomic E-state index is -0.162. The molecule has 0 radical (unpaired) electrons. The first-order valence-corrected chi connectivity index (χ1v) is 6.60. The molecule has 5 nitrogen and oxygen atoms in total. The summed E-state index contributed by atoms with van der Waals surface area (Å²) in [5.74, 6) is 0.364. The Hall–Kier alpha value is -1.85. The Morgan fingerprint density at radius 1 is 1.33 bits per heavy atom. The van der Waals surface area contributed by atoms with Crippen LogP contribution in [0.4, 0.5) is 0 Å². The fourth-order valence-corrected chi connectivity index (χ4v) is 1.87. The van der Waals surface area contributed by atoms with Crippen LogP contribution in [0.2, 0.25) is 0 Å². The zero-order valence-corrected chi connectivity index (χ0v) is 13.2. The third-order valence-electron chi connectivity index (χ3n) is 3.20. The van der Waals surface area contributed by atoms with Crippen molar-refractivity contribution in [1.82, 2.24) is 15.8 Å². The van der Waals surface area contributed by atoms with Crippen LogP contribution in [0.3, 0.4) is 0 Å². The molecule has 2 aromatic rings. The maximum absolute atomic E-state index is 12.3. The van der Waals surface area contributed by atoms with Crippen molar-refractivity contribution in [3.8, 4) is 11.3 Å². The first-order valence-electron chi connectivity index (χ1n) is 6.60. The summed E-state index contributed by atoms with van der Waals surface area (Å²) in [5.41, 5.74) is 1.95. The molecule has 0 fully saturated rings.